The first kappa shape index (κ1) is 28.2. The third-order valence-electron chi connectivity index (χ3n) is 6.38. The highest BCUT2D eigenvalue weighted by molar-refractivity contribution is 7.93. The molecule has 1 saturated heterocycles. The van der Waals surface area contributed by atoms with E-state index >= 15 is 0 Å². The zero-order chi connectivity index (χ0) is 26.9. The Morgan fingerprint density at radius 3 is 2.32 bits per heavy atom. The molecule has 202 valence electrons. The highest BCUT2D eigenvalue weighted by atomic mass is 32.2. The van der Waals surface area contributed by atoms with Crippen LogP contribution in [0.5, 0.6) is 17.2 Å². The predicted molar refractivity (Wildman–Crippen MR) is 134 cm³/mol. The van der Waals surface area contributed by atoms with E-state index in [4.69, 9.17) is 24.2 Å². The van der Waals surface area contributed by atoms with Crippen LogP contribution < -0.4 is 19.7 Å². The molecule has 0 aliphatic carbocycles. The first-order chi connectivity index (χ1) is 17.8. The molecule has 1 aliphatic heterocycles. The van der Waals surface area contributed by atoms with E-state index in [-0.39, 0.29) is 31.0 Å². The highest BCUT2D eigenvalue weighted by Gasteiger charge is 2.52. The number of unbranched alkanes of at least 4 members (excludes halogenated alkanes) is 1. The molecule has 0 saturated carbocycles. The van der Waals surface area contributed by atoms with Gasteiger partial charge in [0.2, 0.25) is 0 Å². The molecule has 0 aromatic heterocycles. The summed E-state index contributed by atoms with van der Waals surface area (Å²) < 4.78 is 46.3. The molecule has 2 aromatic rings. The van der Waals surface area contributed by atoms with Gasteiger partial charge in [-0.2, -0.15) is 0 Å². The van der Waals surface area contributed by atoms with Gasteiger partial charge in [0.25, 0.3) is 5.91 Å². The molecule has 1 fully saturated rings. The molecule has 37 heavy (non-hydrogen) atoms. The van der Waals surface area contributed by atoms with Gasteiger partial charge in [0.1, 0.15) is 17.2 Å². The smallest absolute Gasteiger partial charge is 0.265 e. The lowest BCUT2D eigenvalue weighted by Gasteiger charge is -2.34. The van der Waals surface area contributed by atoms with E-state index in [0.29, 0.717) is 54.4 Å². The molecule has 1 amide bonds. The predicted octanol–water partition coefficient (Wildman–Crippen LogP) is 2.96. The lowest BCUT2D eigenvalue weighted by Crippen LogP contribution is -2.54. The monoisotopic (exact) mass is 536 g/mol. The van der Waals surface area contributed by atoms with Crippen molar-refractivity contribution in [3.63, 3.8) is 0 Å². The van der Waals surface area contributed by atoms with Gasteiger partial charge in [-0.1, -0.05) is 5.16 Å². The number of nitrogens with zero attached hydrogens (tertiary/aromatic N) is 1. The fourth-order valence-corrected chi connectivity index (χ4v) is 6.16. The van der Waals surface area contributed by atoms with Crippen LogP contribution in [0.25, 0.3) is 0 Å². The SMILES string of the molecule is COc1ccc(/C(CCCCOc2ccc(S(=O)(=O)C3(C(=O)NO)CCOCC3)cc2)=N/O)c(OC)c1. The summed E-state index contributed by atoms with van der Waals surface area (Å²) in [5.74, 6) is 0.677. The lowest BCUT2D eigenvalue weighted by molar-refractivity contribution is -0.134. The number of nitrogens with one attached hydrogen (secondary N) is 1. The van der Waals surface area contributed by atoms with Gasteiger partial charge in [-0.15, -0.1) is 0 Å². The Kier molecular flexibility index (Phi) is 9.73. The molecule has 11 nitrogen and oxygen atoms in total. The maximum atomic E-state index is 13.3. The summed E-state index contributed by atoms with van der Waals surface area (Å²) in [6.45, 7) is 0.558. The van der Waals surface area contributed by atoms with Gasteiger partial charge in [-0.25, -0.2) is 13.9 Å². The summed E-state index contributed by atoms with van der Waals surface area (Å²) in [5, 5.41) is 22.1. The minimum atomic E-state index is -4.09. The van der Waals surface area contributed by atoms with Crippen LogP contribution in [0.3, 0.4) is 0 Å². The van der Waals surface area contributed by atoms with Crippen LogP contribution in [0, 0.1) is 0 Å². The minimum absolute atomic E-state index is 0.0393. The van der Waals surface area contributed by atoms with Gasteiger partial charge in [-0.05, 0) is 68.5 Å². The number of methoxy groups -OCH3 is 2. The van der Waals surface area contributed by atoms with Crippen LogP contribution in [0.15, 0.2) is 52.5 Å². The van der Waals surface area contributed by atoms with Crippen molar-refractivity contribution in [3.05, 3.63) is 48.0 Å². The molecular formula is C25H32N2O9S. The molecule has 12 heteroatoms. The van der Waals surface area contributed by atoms with Gasteiger partial charge >= 0.3 is 0 Å². The number of hydroxylamine groups is 1. The Labute approximate surface area is 215 Å². The van der Waals surface area contributed by atoms with Crippen molar-refractivity contribution in [3.8, 4) is 17.2 Å². The standard InChI is InChI=1S/C25H32N2O9S/c1-33-19-8-11-21(23(17-19)34-2)22(26-29)5-3-4-14-36-18-6-9-20(10-7-18)37(31,32)25(24(28)27-30)12-15-35-16-13-25/h6-11,17,29-30H,3-5,12-16H2,1-2H3,(H,27,28)/b26-22+. The van der Waals surface area contributed by atoms with Crippen molar-refractivity contribution in [2.75, 3.05) is 34.0 Å². The molecule has 0 spiro atoms. The number of hydrogen-bond donors (Lipinski definition) is 3. The van der Waals surface area contributed by atoms with Crippen LogP contribution in [-0.4, -0.2) is 69.2 Å². The van der Waals surface area contributed by atoms with E-state index in [2.05, 4.69) is 5.16 Å². The second kappa shape index (κ2) is 12.7. The number of carbonyl (C=O) groups excluding carboxylic acids is 1. The maximum absolute atomic E-state index is 13.3. The number of oxime groups is 1. The second-order valence-corrected chi connectivity index (χ2v) is 10.7. The molecular weight excluding hydrogens is 504 g/mol. The number of amides is 1. The molecule has 2 aromatic carbocycles. The summed E-state index contributed by atoms with van der Waals surface area (Å²) in [6, 6.07) is 11.1. The number of carbonyl (C=O) groups is 1. The zero-order valence-electron chi connectivity index (χ0n) is 20.8. The summed E-state index contributed by atoms with van der Waals surface area (Å²) >= 11 is 0. The van der Waals surface area contributed by atoms with E-state index in [0.717, 1.165) is 0 Å². The van der Waals surface area contributed by atoms with Crippen LogP contribution in [0.4, 0.5) is 0 Å². The van der Waals surface area contributed by atoms with E-state index in [9.17, 15) is 18.4 Å². The van der Waals surface area contributed by atoms with Crippen molar-refractivity contribution in [1.82, 2.24) is 5.48 Å². The number of ether oxygens (including phenoxy) is 4. The molecule has 0 radical (unpaired) electrons. The first-order valence-corrected chi connectivity index (χ1v) is 13.2. The highest BCUT2D eigenvalue weighted by Crippen LogP contribution is 2.36. The first-order valence-electron chi connectivity index (χ1n) is 11.8. The fourth-order valence-electron chi connectivity index (χ4n) is 4.22. The molecule has 3 N–H and O–H groups in total. The molecule has 0 atom stereocenters. The Morgan fingerprint density at radius 1 is 1.05 bits per heavy atom. The maximum Gasteiger partial charge on any atom is 0.265 e. The van der Waals surface area contributed by atoms with Crippen molar-refractivity contribution in [2.45, 2.75) is 41.7 Å². The van der Waals surface area contributed by atoms with Crippen LogP contribution in [0.1, 0.15) is 37.7 Å². The van der Waals surface area contributed by atoms with Gasteiger partial charge in [0.15, 0.2) is 14.6 Å². The van der Waals surface area contributed by atoms with Crippen molar-refractivity contribution >= 4 is 21.5 Å². The van der Waals surface area contributed by atoms with Gasteiger partial charge in [0, 0.05) is 24.8 Å². The molecule has 3 rings (SSSR count). The molecule has 1 aliphatic rings. The fraction of sp³-hybridized carbons (Fsp3) is 0.440. The van der Waals surface area contributed by atoms with Crippen molar-refractivity contribution in [2.24, 2.45) is 5.16 Å². The third-order valence-corrected chi connectivity index (χ3v) is 8.90. The quantitative estimate of drug-likeness (QED) is 0.122. The number of hydrogen-bond acceptors (Lipinski definition) is 10. The van der Waals surface area contributed by atoms with Gasteiger partial charge in [-0.3, -0.25) is 10.0 Å². The number of rotatable bonds is 12. The second-order valence-electron chi connectivity index (χ2n) is 8.44. The van der Waals surface area contributed by atoms with Gasteiger partial charge < -0.3 is 24.2 Å². The summed E-state index contributed by atoms with van der Waals surface area (Å²) in [5.41, 5.74) is 2.64. The molecule has 0 bridgehead atoms. The van der Waals surface area contributed by atoms with E-state index < -0.39 is 20.5 Å². The van der Waals surface area contributed by atoms with Crippen LogP contribution in [0.2, 0.25) is 0 Å². The van der Waals surface area contributed by atoms with Crippen LogP contribution >= 0.6 is 0 Å². The average molecular weight is 537 g/mol. The van der Waals surface area contributed by atoms with Crippen LogP contribution in [-0.2, 0) is 19.4 Å². The van der Waals surface area contributed by atoms with Crippen molar-refractivity contribution in [1.29, 1.82) is 0 Å². The van der Waals surface area contributed by atoms with E-state index in [1.165, 1.54) is 36.9 Å². The van der Waals surface area contributed by atoms with E-state index in [1.807, 2.05) is 0 Å². The largest absolute Gasteiger partial charge is 0.497 e. The number of benzene rings is 2. The summed E-state index contributed by atoms with van der Waals surface area (Å²) in [6.07, 6.45) is 1.70. The molecule has 0 unspecified atom stereocenters. The topological polar surface area (TPSA) is 153 Å². The molecule has 1 heterocycles. The lowest BCUT2D eigenvalue weighted by atomic mass is 9.98. The Morgan fingerprint density at radius 2 is 1.73 bits per heavy atom. The van der Waals surface area contributed by atoms with Crippen molar-refractivity contribution < 1.29 is 42.6 Å². The Balaban J connectivity index is 1.56. The Bertz CT molecular complexity index is 1190. The summed E-state index contributed by atoms with van der Waals surface area (Å²) in [7, 11) is -1.01. The average Bonchev–Trinajstić information content (AvgIpc) is 2.94. The minimum Gasteiger partial charge on any atom is -0.497 e. The zero-order valence-corrected chi connectivity index (χ0v) is 21.6. The third kappa shape index (κ3) is 6.14. The van der Waals surface area contributed by atoms with E-state index in [1.54, 1.807) is 25.3 Å². The van der Waals surface area contributed by atoms with Gasteiger partial charge in [0.05, 0.1) is 31.4 Å². The number of sulfone groups is 1. The normalized spacial score (nSPS) is 15.6. The summed E-state index contributed by atoms with van der Waals surface area (Å²) in [4.78, 5) is 12.3. The Hall–Kier alpha value is -3.35.